The zero-order chi connectivity index (χ0) is 14.0. The van der Waals surface area contributed by atoms with Crippen molar-refractivity contribution in [1.29, 1.82) is 0 Å². The number of nitrogens with zero attached hydrogens (tertiary/aromatic N) is 4. The highest BCUT2D eigenvalue weighted by Gasteiger charge is 2.41. The molecule has 19 heavy (non-hydrogen) atoms. The first kappa shape index (κ1) is 14.0. The Hall–Kier alpha value is -1.46. The molecule has 2 rings (SSSR count). The Bertz CT molecular complexity index is 449. The lowest BCUT2D eigenvalue weighted by Gasteiger charge is -2.30. The van der Waals surface area contributed by atoms with Crippen LogP contribution < -0.4 is 0 Å². The van der Waals surface area contributed by atoms with Gasteiger partial charge in [-0.2, -0.15) is 0 Å². The van der Waals surface area contributed by atoms with Crippen molar-refractivity contribution in [2.24, 2.45) is 5.92 Å². The standard InChI is InChI=1S/C13H22N4O2/c1-9(2)8-13(6-4-5-7-13)12-14-15-16-17(12)10(3)11(18)19/h9-10H,4-8H2,1-3H3,(H,18,19). The van der Waals surface area contributed by atoms with Crippen molar-refractivity contribution in [3.05, 3.63) is 5.82 Å². The molecule has 0 bridgehead atoms. The molecule has 6 heteroatoms. The Morgan fingerprint density at radius 3 is 2.53 bits per heavy atom. The minimum absolute atomic E-state index is 0.0403. The van der Waals surface area contributed by atoms with E-state index in [4.69, 9.17) is 0 Å². The van der Waals surface area contributed by atoms with Gasteiger partial charge in [-0.05, 0) is 42.5 Å². The summed E-state index contributed by atoms with van der Waals surface area (Å²) in [6.07, 6.45) is 5.46. The highest BCUT2D eigenvalue weighted by Crippen LogP contribution is 2.44. The monoisotopic (exact) mass is 266 g/mol. The van der Waals surface area contributed by atoms with Gasteiger partial charge in [0.2, 0.25) is 0 Å². The minimum Gasteiger partial charge on any atom is -0.480 e. The molecule has 1 aromatic heterocycles. The Labute approximate surface area is 113 Å². The van der Waals surface area contributed by atoms with E-state index in [1.54, 1.807) is 6.92 Å². The van der Waals surface area contributed by atoms with Gasteiger partial charge in [0.05, 0.1) is 0 Å². The summed E-state index contributed by atoms with van der Waals surface area (Å²) in [7, 11) is 0. The van der Waals surface area contributed by atoms with Crippen molar-refractivity contribution in [3.8, 4) is 0 Å². The molecule has 0 amide bonds. The van der Waals surface area contributed by atoms with Gasteiger partial charge in [-0.3, -0.25) is 0 Å². The van der Waals surface area contributed by atoms with Crippen molar-refractivity contribution in [3.63, 3.8) is 0 Å². The van der Waals surface area contributed by atoms with Crippen LogP contribution in [0.15, 0.2) is 0 Å². The third kappa shape index (κ3) is 2.62. The molecule has 0 aliphatic heterocycles. The Morgan fingerprint density at radius 1 is 1.37 bits per heavy atom. The minimum atomic E-state index is -0.897. The average molecular weight is 266 g/mol. The van der Waals surface area contributed by atoms with Crippen LogP contribution >= 0.6 is 0 Å². The predicted molar refractivity (Wildman–Crippen MR) is 69.8 cm³/mol. The summed E-state index contributed by atoms with van der Waals surface area (Å²) in [5.74, 6) is 0.406. The van der Waals surface area contributed by atoms with Gasteiger partial charge in [0.1, 0.15) is 6.04 Å². The van der Waals surface area contributed by atoms with Crippen LogP contribution in [0.5, 0.6) is 0 Å². The Balaban J connectivity index is 2.38. The topological polar surface area (TPSA) is 80.9 Å². The zero-order valence-electron chi connectivity index (χ0n) is 11.8. The molecule has 0 saturated heterocycles. The van der Waals surface area contributed by atoms with Gasteiger partial charge >= 0.3 is 5.97 Å². The maximum absolute atomic E-state index is 11.2. The molecule has 0 aromatic carbocycles. The fourth-order valence-corrected chi connectivity index (χ4v) is 3.26. The number of tetrazole rings is 1. The highest BCUT2D eigenvalue weighted by atomic mass is 16.4. The van der Waals surface area contributed by atoms with E-state index in [0.29, 0.717) is 5.92 Å². The van der Waals surface area contributed by atoms with E-state index in [-0.39, 0.29) is 5.41 Å². The van der Waals surface area contributed by atoms with Gasteiger partial charge in [-0.15, -0.1) is 5.10 Å². The number of carbonyl (C=O) groups is 1. The summed E-state index contributed by atoms with van der Waals surface area (Å²) >= 11 is 0. The summed E-state index contributed by atoms with van der Waals surface area (Å²) in [4.78, 5) is 11.2. The second kappa shape index (κ2) is 5.27. The first-order valence-corrected chi connectivity index (χ1v) is 6.97. The number of aliphatic carboxylic acids is 1. The summed E-state index contributed by atoms with van der Waals surface area (Å²) < 4.78 is 1.50. The largest absolute Gasteiger partial charge is 0.480 e. The zero-order valence-corrected chi connectivity index (χ0v) is 11.8. The molecule has 1 fully saturated rings. The van der Waals surface area contributed by atoms with E-state index in [1.807, 2.05) is 0 Å². The molecule has 1 saturated carbocycles. The third-order valence-corrected chi connectivity index (χ3v) is 4.05. The molecule has 0 radical (unpaired) electrons. The van der Waals surface area contributed by atoms with Gasteiger partial charge in [0.25, 0.3) is 0 Å². The smallest absolute Gasteiger partial charge is 0.328 e. The van der Waals surface area contributed by atoms with Crippen molar-refractivity contribution < 1.29 is 9.90 Å². The molecule has 1 aliphatic rings. The van der Waals surface area contributed by atoms with Crippen LogP contribution in [-0.2, 0) is 10.2 Å². The average Bonchev–Trinajstić information content (AvgIpc) is 2.95. The number of rotatable bonds is 5. The second-order valence-corrected chi connectivity index (χ2v) is 6.05. The third-order valence-electron chi connectivity index (χ3n) is 4.05. The number of carboxylic acids is 1. The number of hydrogen-bond acceptors (Lipinski definition) is 4. The molecule has 1 atom stereocenters. The van der Waals surface area contributed by atoms with Crippen molar-refractivity contribution in [1.82, 2.24) is 20.2 Å². The first-order valence-electron chi connectivity index (χ1n) is 6.97. The van der Waals surface area contributed by atoms with Crippen molar-refractivity contribution >= 4 is 5.97 Å². The van der Waals surface area contributed by atoms with E-state index in [1.165, 1.54) is 17.5 Å². The van der Waals surface area contributed by atoms with E-state index >= 15 is 0 Å². The fourth-order valence-electron chi connectivity index (χ4n) is 3.26. The Kier molecular flexibility index (Phi) is 3.87. The van der Waals surface area contributed by atoms with Crippen LogP contribution in [0, 0.1) is 5.92 Å². The molecule has 106 valence electrons. The maximum atomic E-state index is 11.2. The molecule has 1 heterocycles. The molecule has 1 aromatic rings. The van der Waals surface area contributed by atoms with Gasteiger partial charge < -0.3 is 5.11 Å². The molecule has 1 unspecified atom stereocenters. The number of aromatic nitrogens is 4. The number of hydrogen-bond donors (Lipinski definition) is 1. The normalized spacial score (nSPS) is 19.8. The lowest BCUT2D eigenvalue weighted by atomic mass is 9.77. The summed E-state index contributed by atoms with van der Waals surface area (Å²) in [5.41, 5.74) is -0.0403. The van der Waals surface area contributed by atoms with Crippen LogP contribution in [0.25, 0.3) is 0 Å². The van der Waals surface area contributed by atoms with Crippen LogP contribution in [0.2, 0.25) is 0 Å². The molecular formula is C13H22N4O2. The van der Waals surface area contributed by atoms with Crippen molar-refractivity contribution in [2.75, 3.05) is 0 Å². The molecule has 1 N–H and O–H groups in total. The van der Waals surface area contributed by atoms with Gasteiger partial charge in [-0.1, -0.05) is 26.7 Å². The Morgan fingerprint density at radius 2 is 2.00 bits per heavy atom. The SMILES string of the molecule is CC(C)CC1(c2nnnn2C(C)C(=O)O)CCCC1. The summed E-state index contributed by atoms with van der Waals surface area (Å²) in [6, 6.07) is -0.713. The van der Waals surface area contributed by atoms with E-state index in [0.717, 1.165) is 25.1 Å². The van der Waals surface area contributed by atoms with Crippen LogP contribution in [0.3, 0.4) is 0 Å². The fraction of sp³-hybridized carbons (Fsp3) is 0.846. The van der Waals surface area contributed by atoms with Crippen molar-refractivity contribution in [2.45, 2.75) is 64.3 Å². The molecule has 0 spiro atoms. The van der Waals surface area contributed by atoms with Gasteiger partial charge in [-0.25, -0.2) is 9.48 Å². The predicted octanol–water partition coefficient (Wildman–Crippen LogP) is 2.18. The van der Waals surface area contributed by atoms with E-state index in [9.17, 15) is 9.90 Å². The number of carboxylic acid groups (broad SMARTS) is 1. The van der Waals surface area contributed by atoms with E-state index in [2.05, 4.69) is 29.4 Å². The summed E-state index contributed by atoms with van der Waals surface area (Å²) in [5, 5.41) is 21.0. The summed E-state index contributed by atoms with van der Waals surface area (Å²) in [6.45, 7) is 6.00. The quantitative estimate of drug-likeness (QED) is 0.883. The lowest BCUT2D eigenvalue weighted by molar-refractivity contribution is -0.140. The van der Waals surface area contributed by atoms with Gasteiger partial charge in [0, 0.05) is 5.41 Å². The van der Waals surface area contributed by atoms with Crippen LogP contribution in [0.1, 0.15) is 64.7 Å². The maximum Gasteiger partial charge on any atom is 0.328 e. The van der Waals surface area contributed by atoms with Crippen LogP contribution in [-0.4, -0.2) is 31.3 Å². The highest BCUT2D eigenvalue weighted by molar-refractivity contribution is 5.71. The van der Waals surface area contributed by atoms with Gasteiger partial charge in [0.15, 0.2) is 5.82 Å². The molecular weight excluding hydrogens is 244 g/mol. The lowest BCUT2D eigenvalue weighted by Crippen LogP contribution is -2.31. The molecule has 6 nitrogen and oxygen atoms in total. The van der Waals surface area contributed by atoms with Crippen LogP contribution in [0.4, 0.5) is 0 Å². The second-order valence-electron chi connectivity index (χ2n) is 6.05. The van der Waals surface area contributed by atoms with E-state index < -0.39 is 12.0 Å². The first-order chi connectivity index (χ1) is 8.96. The molecule has 1 aliphatic carbocycles.